The third kappa shape index (κ3) is 2.97. The summed E-state index contributed by atoms with van der Waals surface area (Å²) in [7, 11) is -4.25. The topological polar surface area (TPSA) is 54.4 Å². The summed E-state index contributed by atoms with van der Waals surface area (Å²) in [5.41, 5.74) is 0.331. The van der Waals surface area contributed by atoms with Crippen LogP contribution in [0, 0.1) is 0 Å². The predicted molar refractivity (Wildman–Crippen MR) is 50.7 cm³/mol. The molecule has 0 saturated heterocycles. The van der Waals surface area contributed by atoms with Crippen LogP contribution in [0.1, 0.15) is 18.4 Å². The Morgan fingerprint density at radius 2 is 1.67 bits per heavy atom. The fourth-order valence-corrected chi connectivity index (χ4v) is 1.57. The lowest BCUT2D eigenvalue weighted by Gasteiger charge is -2.10. The highest BCUT2D eigenvalue weighted by Crippen LogP contribution is 2.23. The van der Waals surface area contributed by atoms with Crippen LogP contribution in [-0.2, 0) is 10.1 Å². The Hall–Kier alpha value is -1.01. The lowest BCUT2D eigenvalue weighted by atomic mass is 10.0. The highest BCUT2D eigenvalue weighted by molar-refractivity contribution is 7.85. The van der Waals surface area contributed by atoms with Crippen LogP contribution in [0.2, 0.25) is 0 Å². The molecule has 1 rings (SSSR count). The summed E-state index contributed by atoms with van der Waals surface area (Å²) in [6.07, 6.45) is -2.50. The summed E-state index contributed by atoms with van der Waals surface area (Å²) in [5, 5.41) is 0. The van der Waals surface area contributed by atoms with Crippen molar-refractivity contribution < 1.29 is 21.8 Å². The Labute approximate surface area is 86.5 Å². The predicted octanol–water partition coefficient (Wildman–Crippen LogP) is 2.30. The van der Waals surface area contributed by atoms with Gasteiger partial charge in [0.25, 0.3) is 10.1 Å². The van der Waals surface area contributed by atoms with E-state index in [9.17, 15) is 17.2 Å². The highest BCUT2D eigenvalue weighted by atomic mass is 32.2. The molecular formula is C9H10F2O3S. The van der Waals surface area contributed by atoms with Gasteiger partial charge in [0.05, 0.1) is 4.90 Å². The first-order chi connectivity index (χ1) is 6.82. The maximum atomic E-state index is 12.3. The van der Waals surface area contributed by atoms with Gasteiger partial charge in [-0.3, -0.25) is 4.55 Å². The molecule has 1 aromatic carbocycles. The molecule has 6 heteroatoms. The summed E-state index contributed by atoms with van der Waals surface area (Å²) in [6.45, 7) is 1.34. The van der Waals surface area contributed by atoms with Gasteiger partial charge in [0.15, 0.2) is 0 Å². The summed E-state index contributed by atoms with van der Waals surface area (Å²) < 4.78 is 54.5. The average molecular weight is 236 g/mol. The van der Waals surface area contributed by atoms with Crippen molar-refractivity contribution >= 4 is 10.1 Å². The Morgan fingerprint density at radius 3 is 2.00 bits per heavy atom. The standard InChI is InChI=1S/C9H10F2O3S/c1-6(9(10)11)7-2-4-8(5-3-7)15(12,13)14/h2-6,9H,1H3,(H,12,13,14)/t6-/m0/s1. The average Bonchev–Trinajstić information content (AvgIpc) is 2.15. The second-order valence-electron chi connectivity index (χ2n) is 3.17. The number of benzene rings is 1. The van der Waals surface area contributed by atoms with Crippen molar-refractivity contribution in [3.05, 3.63) is 29.8 Å². The smallest absolute Gasteiger partial charge is 0.282 e. The summed E-state index contributed by atoms with van der Waals surface area (Å²) in [4.78, 5) is -0.298. The molecule has 3 nitrogen and oxygen atoms in total. The zero-order chi connectivity index (χ0) is 11.6. The second kappa shape index (κ2) is 4.24. The van der Waals surface area contributed by atoms with Crippen LogP contribution < -0.4 is 0 Å². The van der Waals surface area contributed by atoms with Gasteiger partial charge >= 0.3 is 0 Å². The molecule has 1 N–H and O–H groups in total. The van der Waals surface area contributed by atoms with Crippen LogP contribution in [0.3, 0.4) is 0 Å². The molecule has 0 fully saturated rings. The molecule has 1 aromatic rings. The van der Waals surface area contributed by atoms with Crippen LogP contribution in [0.25, 0.3) is 0 Å². The van der Waals surface area contributed by atoms with Crippen molar-refractivity contribution in [2.75, 3.05) is 0 Å². The third-order valence-electron chi connectivity index (χ3n) is 2.08. The van der Waals surface area contributed by atoms with Gasteiger partial charge in [-0.25, -0.2) is 8.78 Å². The van der Waals surface area contributed by atoms with Crippen molar-refractivity contribution in [1.29, 1.82) is 0 Å². The van der Waals surface area contributed by atoms with Gasteiger partial charge in [-0.1, -0.05) is 19.1 Å². The molecule has 1 atom stereocenters. The van der Waals surface area contributed by atoms with E-state index >= 15 is 0 Å². The van der Waals surface area contributed by atoms with E-state index in [0.717, 1.165) is 12.1 Å². The monoisotopic (exact) mass is 236 g/mol. The van der Waals surface area contributed by atoms with E-state index < -0.39 is 22.5 Å². The first-order valence-corrected chi connectivity index (χ1v) is 5.62. The Kier molecular flexibility index (Phi) is 3.41. The number of hydrogen-bond acceptors (Lipinski definition) is 2. The molecule has 0 saturated carbocycles. The minimum atomic E-state index is -4.25. The molecule has 0 aliphatic heterocycles. The Bertz CT molecular complexity index is 425. The highest BCUT2D eigenvalue weighted by Gasteiger charge is 2.17. The number of rotatable bonds is 3. The van der Waals surface area contributed by atoms with Crippen LogP contribution >= 0.6 is 0 Å². The zero-order valence-electron chi connectivity index (χ0n) is 7.89. The quantitative estimate of drug-likeness (QED) is 0.819. The summed E-state index contributed by atoms with van der Waals surface area (Å²) >= 11 is 0. The molecular weight excluding hydrogens is 226 g/mol. The van der Waals surface area contributed by atoms with E-state index in [-0.39, 0.29) is 4.90 Å². The minimum Gasteiger partial charge on any atom is -0.282 e. The summed E-state index contributed by atoms with van der Waals surface area (Å²) in [5.74, 6) is -0.958. The normalized spacial score (nSPS) is 14.2. The third-order valence-corrected chi connectivity index (χ3v) is 2.95. The second-order valence-corrected chi connectivity index (χ2v) is 4.59. The molecule has 0 spiro atoms. The largest absolute Gasteiger partial charge is 0.294 e. The lowest BCUT2D eigenvalue weighted by molar-refractivity contribution is 0.121. The van der Waals surface area contributed by atoms with E-state index in [4.69, 9.17) is 4.55 Å². The van der Waals surface area contributed by atoms with E-state index in [1.54, 1.807) is 0 Å². The Morgan fingerprint density at radius 1 is 1.20 bits per heavy atom. The van der Waals surface area contributed by atoms with Crippen LogP contribution in [0.5, 0.6) is 0 Å². The van der Waals surface area contributed by atoms with Gasteiger partial charge in [-0.05, 0) is 17.7 Å². The van der Waals surface area contributed by atoms with Crippen LogP contribution in [0.15, 0.2) is 29.2 Å². The van der Waals surface area contributed by atoms with Crippen molar-refractivity contribution in [2.24, 2.45) is 0 Å². The van der Waals surface area contributed by atoms with Gasteiger partial charge in [0, 0.05) is 5.92 Å². The Balaban J connectivity index is 3.01. The molecule has 0 radical (unpaired) electrons. The molecule has 0 heterocycles. The minimum absolute atomic E-state index is 0.298. The van der Waals surface area contributed by atoms with Crippen LogP contribution in [0.4, 0.5) is 8.78 Å². The maximum absolute atomic E-state index is 12.3. The molecule has 0 unspecified atom stereocenters. The van der Waals surface area contributed by atoms with E-state index in [2.05, 4.69) is 0 Å². The number of halogens is 2. The molecule has 0 aliphatic rings. The molecule has 15 heavy (non-hydrogen) atoms. The van der Waals surface area contributed by atoms with Gasteiger partial charge < -0.3 is 0 Å². The molecule has 0 amide bonds. The molecule has 0 bridgehead atoms. The maximum Gasteiger partial charge on any atom is 0.294 e. The van der Waals surface area contributed by atoms with Crippen LogP contribution in [-0.4, -0.2) is 19.4 Å². The number of alkyl halides is 2. The SMILES string of the molecule is C[C@@H](c1ccc(S(=O)(=O)O)cc1)C(F)F. The van der Waals surface area contributed by atoms with Gasteiger partial charge in [-0.15, -0.1) is 0 Å². The lowest BCUT2D eigenvalue weighted by Crippen LogP contribution is -2.05. The summed E-state index contributed by atoms with van der Waals surface area (Å²) in [6, 6.07) is 4.73. The van der Waals surface area contributed by atoms with E-state index in [1.165, 1.54) is 19.1 Å². The zero-order valence-corrected chi connectivity index (χ0v) is 8.71. The molecule has 84 valence electrons. The molecule has 0 aliphatic carbocycles. The van der Waals surface area contributed by atoms with Crippen molar-refractivity contribution in [1.82, 2.24) is 0 Å². The first-order valence-electron chi connectivity index (χ1n) is 4.18. The van der Waals surface area contributed by atoms with Gasteiger partial charge in [0.1, 0.15) is 0 Å². The first kappa shape index (κ1) is 12.1. The van der Waals surface area contributed by atoms with E-state index in [1.807, 2.05) is 0 Å². The van der Waals surface area contributed by atoms with Gasteiger partial charge in [0.2, 0.25) is 6.43 Å². The number of hydrogen-bond donors (Lipinski definition) is 1. The fraction of sp³-hybridized carbons (Fsp3) is 0.333. The fourth-order valence-electron chi connectivity index (χ4n) is 1.09. The van der Waals surface area contributed by atoms with Crippen molar-refractivity contribution in [3.8, 4) is 0 Å². The molecule has 0 aromatic heterocycles. The van der Waals surface area contributed by atoms with Gasteiger partial charge in [-0.2, -0.15) is 8.42 Å². The van der Waals surface area contributed by atoms with E-state index in [0.29, 0.717) is 5.56 Å². The van der Waals surface area contributed by atoms with Crippen molar-refractivity contribution in [3.63, 3.8) is 0 Å². The van der Waals surface area contributed by atoms with Crippen molar-refractivity contribution in [2.45, 2.75) is 24.2 Å².